The van der Waals surface area contributed by atoms with Gasteiger partial charge in [-0.15, -0.1) is 0 Å². The smallest absolute Gasteiger partial charge is 0.413 e. The first-order chi connectivity index (χ1) is 10.8. The molecule has 1 atom stereocenters. The van der Waals surface area contributed by atoms with E-state index in [1.165, 1.54) is 0 Å². The van der Waals surface area contributed by atoms with Crippen molar-refractivity contribution < 1.29 is 19.4 Å². The molecule has 1 aliphatic rings. The fraction of sp³-hybridized carbons (Fsp3) is 0.588. The van der Waals surface area contributed by atoms with Crippen LogP contribution in [0.25, 0.3) is 0 Å². The molecule has 0 aliphatic carbocycles. The molecule has 0 spiro atoms. The lowest BCUT2D eigenvalue weighted by atomic mass is 10.1. The van der Waals surface area contributed by atoms with Gasteiger partial charge in [0.15, 0.2) is 6.23 Å². The first-order valence-corrected chi connectivity index (χ1v) is 8.64. The first kappa shape index (κ1) is 18.1. The van der Waals surface area contributed by atoms with Crippen LogP contribution in [-0.4, -0.2) is 34.5 Å². The van der Waals surface area contributed by atoms with Gasteiger partial charge >= 0.3 is 6.09 Å². The summed E-state index contributed by atoms with van der Waals surface area (Å²) >= 11 is 3.41. The summed E-state index contributed by atoms with van der Waals surface area (Å²) in [5.74, 6) is 0.629. The number of amides is 1. The van der Waals surface area contributed by atoms with Gasteiger partial charge in [-0.05, 0) is 57.4 Å². The number of carbonyl (C=O) groups excluding carboxylic acids is 1. The van der Waals surface area contributed by atoms with Crippen LogP contribution in [0.4, 0.5) is 4.79 Å². The molecule has 1 saturated heterocycles. The second-order valence-electron chi connectivity index (χ2n) is 6.70. The molecule has 1 fully saturated rings. The van der Waals surface area contributed by atoms with Gasteiger partial charge in [0.05, 0.1) is 6.61 Å². The molecule has 128 valence electrons. The number of ether oxygens (including phenoxy) is 2. The zero-order valence-corrected chi connectivity index (χ0v) is 15.4. The summed E-state index contributed by atoms with van der Waals surface area (Å²) in [5, 5.41) is 9.30. The van der Waals surface area contributed by atoms with Gasteiger partial charge in [-0.25, -0.2) is 4.79 Å². The van der Waals surface area contributed by atoms with Crippen LogP contribution >= 0.6 is 15.9 Å². The number of piperidine rings is 1. The average molecular weight is 386 g/mol. The molecule has 1 N–H and O–H groups in total. The number of hydrogen-bond donors (Lipinski definition) is 1. The van der Waals surface area contributed by atoms with E-state index in [-0.39, 0.29) is 18.9 Å². The Balaban J connectivity index is 2.12. The van der Waals surface area contributed by atoms with Gasteiger partial charge in [0.25, 0.3) is 0 Å². The third-order valence-corrected chi connectivity index (χ3v) is 3.92. The molecule has 23 heavy (non-hydrogen) atoms. The molecule has 0 radical (unpaired) electrons. The summed E-state index contributed by atoms with van der Waals surface area (Å²) in [4.78, 5) is 14.0. The molecular formula is C17H24BrNO4. The minimum atomic E-state index is -0.529. The number of carbonyl (C=O) groups is 1. The summed E-state index contributed by atoms with van der Waals surface area (Å²) in [6, 6.07) is 5.45. The number of nitrogens with zero attached hydrogens (tertiary/aromatic N) is 1. The molecule has 2 rings (SSSR count). The van der Waals surface area contributed by atoms with Crippen LogP contribution in [0, 0.1) is 0 Å². The van der Waals surface area contributed by atoms with E-state index in [1.54, 1.807) is 11.0 Å². The Morgan fingerprint density at radius 1 is 1.35 bits per heavy atom. The zero-order valence-electron chi connectivity index (χ0n) is 13.8. The first-order valence-electron chi connectivity index (χ1n) is 7.85. The van der Waals surface area contributed by atoms with Gasteiger partial charge in [0.2, 0.25) is 0 Å². The van der Waals surface area contributed by atoms with E-state index in [4.69, 9.17) is 9.47 Å². The summed E-state index contributed by atoms with van der Waals surface area (Å²) in [7, 11) is 0. The monoisotopic (exact) mass is 385 g/mol. The third kappa shape index (κ3) is 5.39. The molecule has 1 aliphatic heterocycles. The highest BCUT2D eigenvalue weighted by molar-refractivity contribution is 9.10. The van der Waals surface area contributed by atoms with Crippen LogP contribution in [-0.2, 0) is 11.3 Å². The Kier molecular flexibility index (Phi) is 5.92. The SMILES string of the molecule is CC(C)(C)OC(=O)N1CCCCC1Oc1cc(Br)cc(CO)c1. The van der Waals surface area contributed by atoms with Crippen molar-refractivity contribution >= 4 is 22.0 Å². The van der Waals surface area contributed by atoms with Crippen molar-refractivity contribution in [2.45, 2.75) is 58.5 Å². The summed E-state index contributed by atoms with van der Waals surface area (Å²) < 4.78 is 12.3. The molecule has 1 unspecified atom stereocenters. The quantitative estimate of drug-likeness (QED) is 0.851. The Hall–Kier alpha value is -1.27. The maximum absolute atomic E-state index is 12.4. The minimum Gasteiger partial charge on any atom is -0.470 e. The Labute approximate surface area is 145 Å². The molecule has 0 aromatic heterocycles. The Bertz CT molecular complexity index is 556. The number of hydrogen-bond acceptors (Lipinski definition) is 4. The van der Waals surface area contributed by atoms with E-state index in [0.717, 1.165) is 29.3 Å². The predicted octanol–water partition coefficient (Wildman–Crippen LogP) is 4.07. The zero-order chi connectivity index (χ0) is 17.0. The van der Waals surface area contributed by atoms with Gasteiger partial charge < -0.3 is 14.6 Å². The Morgan fingerprint density at radius 3 is 2.74 bits per heavy atom. The average Bonchev–Trinajstić information content (AvgIpc) is 2.45. The molecule has 6 heteroatoms. The predicted molar refractivity (Wildman–Crippen MR) is 91.3 cm³/mol. The highest BCUT2D eigenvalue weighted by atomic mass is 79.9. The number of rotatable bonds is 3. The van der Waals surface area contributed by atoms with Gasteiger partial charge in [0.1, 0.15) is 11.4 Å². The van der Waals surface area contributed by atoms with Crippen LogP contribution in [0.2, 0.25) is 0 Å². The van der Waals surface area contributed by atoms with E-state index < -0.39 is 5.60 Å². The van der Waals surface area contributed by atoms with Crippen molar-refractivity contribution in [3.8, 4) is 5.75 Å². The van der Waals surface area contributed by atoms with Gasteiger partial charge in [-0.3, -0.25) is 4.90 Å². The lowest BCUT2D eigenvalue weighted by Crippen LogP contribution is -2.48. The largest absolute Gasteiger partial charge is 0.470 e. The molecule has 1 aromatic rings. The minimum absolute atomic E-state index is 0.0593. The van der Waals surface area contributed by atoms with E-state index in [9.17, 15) is 9.90 Å². The van der Waals surface area contributed by atoms with Crippen LogP contribution in [0.15, 0.2) is 22.7 Å². The molecule has 1 heterocycles. The molecule has 0 saturated carbocycles. The number of aliphatic hydroxyl groups is 1. The lowest BCUT2D eigenvalue weighted by molar-refractivity contribution is -0.0342. The fourth-order valence-corrected chi connectivity index (χ4v) is 3.01. The number of halogens is 1. The van der Waals surface area contributed by atoms with Crippen LogP contribution in [0.1, 0.15) is 45.6 Å². The second kappa shape index (κ2) is 7.53. The second-order valence-corrected chi connectivity index (χ2v) is 7.61. The maximum Gasteiger partial charge on any atom is 0.413 e. The molecular weight excluding hydrogens is 362 g/mol. The van der Waals surface area contributed by atoms with Crippen LogP contribution in [0.3, 0.4) is 0 Å². The van der Waals surface area contributed by atoms with Crippen molar-refractivity contribution in [1.82, 2.24) is 4.90 Å². The maximum atomic E-state index is 12.4. The summed E-state index contributed by atoms with van der Waals surface area (Å²) in [5.41, 5.74) is 0.229. The van der Waals surface area contributed by atoms with E-state index in [1.807, 2.05) is 32.9 Å². The topological polar surface area (TPSA) is 59.0 Å². The summed E-state index contributed by atoms with van der Waals surface area (Å²) in [6.07, 6.45) is 2.02. The van der Waals surface area contributed by atoms with Crippen molar-refractivity contribution in [1.29, 1.82) is 0 Å². The van der Waals surface area contributed by atoms with E-state index in [0.29, 0.717) is 12.3 Å². The van der Waals surface area contributed by atoms with Gasteiger partial charge in [-0.1, -0.05) is 15.9 Å². The van der Waals surface area contributed by atoms with Crippen molar-refractivity contribution in [2.75, 3.05) is 6.54 Å². The van der Waals surface area contributed by atoms with Crippen molar-refractivity contribution in [2.24, 2.45) is 0 Å². The molecule has 1 aromatic carbocycles. The van der Waals surface area contributed by atoms with E-state index >= 15 is 0 Å². The third-order valence-electron chi connectivity index (χ3n) is 3.46. The van der Waals surface area contributed by atoms with Crippen molar-refractivity contribution in [3.63, 3.8) is 0 Å². The summed E-state index contributed by atoms with van der Waals surface area (Å²) in [6.45, 7) is 6.13. The number of aliphatic hydroxyl groups excluding tert-OH is 1. The highest BCUT2D eigenvalue weighted by Crippen LogP contribution is 2.27. The van der Waals surface area contributed by atoms with Gasteiger partial charge in [-0.2, -0.15) is 0 Å². The molecule has 0 bridgehead atoms. The highest BCUT2D eigenvalue weighted by Gasteiger charge is 2.31. The van der Waals surface area contributed by atoms with E-state index in [2.05, 4.69) is 15.9 Å². The van der Waals surface area contributed by atoms with Gasteiger partial charge in [0, 0.05) is 17.4 Å². The van der Waals surface area contributed by atoms with Crippen LogP contribution in [0.5, 0.6) is 5.75 Å². The lowest BCUT2D eigenvalue weighted by Gasteiger charge is -2.36. The standard InChI is InChI=1S/C17H24BrNO4/c1-17(2,3)23-16(21)19-7-5-4-6-15(19)22-14-9-12(11-20)8-13(18)10-14/h8-10,15,20H,4-7,11H2,1-3H3. The number of likely N-dealkylation sites (tertiary alicyclic amines) is 1. The normalized spacial score (nSPS) is 18.7. The number of benzene rings is 1. The Morgan fingerprint density at radius 2 is 2.09 bits per heavy atom. The molecule has 5 nitrogen and oxygen atoms in total. The van der Waals surface area contributed by atoms with Crippen molar-refractivity contribution in [3.05, 3.63) is 28.2 Å². The van der Waals surface area contributed by atoms with Crippen LogP contribution < -0.4 is 4.74 Å². The molecule has 1 amide bonds. The fourth-order valence-electron chi connectivity index (χ4n) is 2.49.